The van der Waals surface area contributed by atoms with Crippen molar-refractivity contribution in [1.29, 1.82) is 0 Å². The van der Waals surface area contributed by atoms with Crippen molar-refractivity contribution in [2.24, 2.45) is 0 Å². The molecule has 0 amide bonds. The number of benzene rings is 7. The lowest BCUT2D eigenvalue weighted by atomic mass is 9.72. The first-order valence-corrected chi connectivity index (χ1v) is 20.3. The monoisotopic (exact) mass is 780 g/mol. The second kappa shape index (κ2) is 12.4. The number of hydrogen-bond donors (Lipinski definition) is 0. The summed E-state index contributed by atoms with van der Waals surface area (Å²) in [5.74, 6) is 0.981. The molecule has 60 heavy (non-hydrogen) atoms. The molecule has 4 heterocycles. The summed E-state index contributed by atoms with van der Waals surface area (Å²) in [5, 5.41) is 0. The van der Waals surface area contributed by atoms with E-state index in [-0.39, 0.29) is 22.6 Å². The highest BCUT2D eigenvalue weighted by Gasteiger charge is 2.37. The van der Waals surface area contributed by atoms with Crippen LogP contribution in [-0.4, -0.2) is 18.9 Å². The van der Waals surface area contributed by atoms with Crippen LogP contribution in [-0.2, 0) is 10.8 Å². The molecule has 0 saturated heterocycles. The van der Waals surface area contributed by atoms with Crippen molar-refractivity contribution in [3.8, 4) is 73.0 Å². The van der Waals surface area contributed by atoms with Crippen LogP contribution in [0.5, 0.6) is 11.5 Å². The Labute approximate surface area is 357 Å². The third kappa shape index (κ3) is 4.86. The number of hydrogen-bond acceptors (Lipinski definition) is 3. The fourth-order valence-electron chi connectivity index (χ4n) is 9.66. The molecule has 0 saturated carbocycles. The maximum Gasteiger partial charge on any atom is 0.220 e. The first-order chi connectivity index (χ1) is 31.7. The Morgan fingerprint density at radius 1 is 0.550 bits per heavy atom. The zero-order valence-electron chi connectivity index (χ0n) is 39.3. The number of para-hydroxylation sites is 5. The Balaban J connectivity index is 1.13. The molecule has 2 aliphatic rings. The molecule has 3 aromatic heterocycles. The Morgan fingerprint density at radius 2 is 1.20 bits per heavy atom. The van der Waals surface area contributed by atoms with Crippen LogP contribution in [0.2, 0.25) is 0 Å². The maximum atomic E-state index is 9.36. The summed E-state index contributed by atoms with van der Waals surface area (Å²) < 4.78 is 67.2. The van der Waals surface area contributed by atoms with Crippen LogP contribution >= 0.6 is 0 Å². The van der Waals surface area contributed by atoms with E-state index in [0.29, 0.717) is 17.0 Å². The highest BCUT2D eigenvalue weighted by Crippen LogP contribution is 2.55. The highest BCUT2D eigenvalue weighted by atomic mass is 16.5. The van der Waals surface area contributed by atoms with Gasteiger partial charge in [0.05, 0.1) is 27.8 Å². The molecule has 0 unspecified atom stereocenters. The Bertz CT molecular complexity index is 3650. The molecular weight excluding hydrogens is 733 g/mol. The standard InChI is InChI=1S/C55H42N4O/c1-54(2,3)44-32-41-35-17-7-6-16-34(35)38-21-15-29-56-51(38)37-19-9-8-18-36(37)40(41)31-42(44)39-20-14-22-43-52(39)60-50-28-27-33(30-45(50)55(43,4)5)58-48-25-12-13-26-49(48)59-47-24-11-10-23-46(47)57-53(58)59/h6-32H,1-5H3/i4D3,5D3. The van der Waals surface area contributed by atoms with E-state index in [0.717, 1.165) is 77.8 Å². The molecule has 7 aromatic carbocycles. The topological polar surface area (TPSA) is 44.4 Å². The minimum Gasteiger partial charge on any atom is -0.456 e. The van der Waals surface area contributed by atoms with Crippen molar-refractivity contribution in [2.75, 3.05) is 0 Å². The molecule has 1 aliphatic carbocycles. The van der Waals surface area contributed by atoms with Crippen LogP contribution in [0.25, 0.3) is 89.3 Å². The predicted octanol–water partition coefficient (Wildman–Crippen LogP) is 14.2. The molecular formula is C55H42N4O. The summed E-state index contributed by atoms with van der Waals surface area (Å²) in [4.78, 5) is 9.97. The molecule has 0 atom stereocenters. The van der Waals surface area contributed by atoms with Gasteiger partial charge in [-0.25, -0.2) is 4.98 Å². The first kappa shape index (κ1) is 29.0. The fourth-order valence-corrected chi connectivity index (χ4v) is 9.66. The van der Waals surface area contributed by atoms with Gasteiger partial charge >= 0.3 is 0 Å². The fraction of sp³-hybridized carbons (Fsp3) is 0.127. The second-order valence-corrected chi connectivity index (χ2v) is 17.0. The van der Waals surface area contributed by atoms with E-state index in [2.05, 4.69) is 79.8 Å². The third-order valence-corrected chi connectivity index (χ3v) is 12.4. The average molecular weight is 781 g/mol. The number of aromatic nitrogens is 4. The number of rotatable bonds is 2. The van der Waals surface area contributed by atoms with E-state index in [9.17, 15) is 8.22 Å². The predicted molar refractivity (Wildman–Crippen MR) is 245 cm³/mol. The molecule has 5 nitrogen and oxygen atoms in total. The molecule has 10 aromatic rings. The lowest BCUT2D eigenvalue weighted by Crippen LogP contribution is -2.25. The van der Waals surface area contributed by atoms with E-state index >= 15 is 0 Å². The van der Waals surface area contributed by atoms with Crippen molar-refractivity contribution in [3.63, 3.8) is 0 Å². The van der Waals surface area contributed by atoms with Crippen molar-refractivity contribution in [2.45, 2.75) is 45.3 Å². The van der Waals surface area contributed by atoms with Crippen molar-refractivity contribution in [1.82, 2.24) is 18.9 Å². The maximum absolute atomic E-state index is 9.36. The zero-order valence-corrected chi connectivity index (χ0v) is 33.3. The van der Waals surface area contributed by atoms with Gasteiger partial charge in [0, 0.05) is 53.3 Å². The van der Waals surface area contributed by atoms with E-state index in [4.69, 9.17) is 14.7 Å². The Kier molecular flexibility index (Phi) is 6.00. The number of ether oxygens (including phenoxy) is 1. The van der Waals surface area contributed by atoms with Gasteiger partial charge in [0.1, 0.15) is 11.5 Å². The Hall–Kier alpha value is -7.24. The summed E-state index contributed by atoms with van der Waals surface area (Å²) in [6.45, 7) is 0.343. The molecule has 288 valence electrons. The molecule has 0 bridgehead atoms. The van der Waals surface area contributed by atoms with E-state index in [1.54, 1.807) is 24.3 Å². The quantitative estimate of drug-likeness (QED) is 0.175. The molecule has 12 rings (SSSR count). The highest BCUT2D eigenvalue weighted by molar-refractivity contribution is 6.04. The minimum absolute atomic E-state index is 0.0580. The van der Waals surface area contributed by atoms with Gasteiger partial charge in [-0.3, -0.25) is 14.0 Å². The van der Waals surface area contributed by atoms with Gasteiger partial charge in [0.15, 0.2) is 0 Å². The van der Waals surface area contributed by atoms with Gasteiger partial charge in [-0.1, -0.05) is 132 Å². The second-order valence-electron chi connectivity index (χ2n) is 17.0. The van der Waals surface area contributed by atoms with Gasteiger partial charge in [-0.05, 0) is 105 Å². The van der Waals surface area contributed by atoms with Crippen LogP contribution in [0.3, 0.4) is 0 Å². The molecule has 0 spiro atoms. The molecule has 1 aliphatic heterocycles. The average Bonchev–Trinajstić information content (AvgIpc) is 3.83. The molecule has 0 N–H and O–H groups in total. The molecule has 0 fully saturated rings. The lowest BCUT2D eigenvalue weighted by Gasteiger charge is -2.36. The zero-order chi connectivity index (χ0) is 45.5. The summed E-state index contributed by atoms with van der Waals surface area (Å²) >= 11 is 0. The molecule has 0 radical (unpaired) electrons. The smallest absolute Gasteiger partial charge is 0.220 e. The molecule has 5 heteroatoms. The van der Waals surface area contributed by atoms with Crippen LogP contribution < -0.4 is 4.74 Å². The van der Waals surface area contributed by atoms with Gasteiger partial charge in [-0.15, -0.1) is 0 Å². The van der Waals surface area contributed by atoms with Gasteiger partial charge < -0.3 is 4.74 Å². The van der Waals surface area contributed by atoms with Crippen LogP contribution in [0.15, 0.2) is 164 Å². The third-order valence-electron chi connectivity index (χ3n) is 12.4. The van der Waals surface area contributed by atoms with Gasteiger partial charge in [0.25, 0.3) is 0 Å². The Morgan fingerprint density at radius 3 is 1.98 bits per heavy atom. The van der Waals surface area contributed by atoms with E-state index < -0.39 is 24.5 Å². The van der Waals surface area contributed by atoms with Crippen LogP contribution in [0.1, 0.15) is 59.4 Å². The van der Waals surface area contributed by atoms with Gasteiger partial charge in [0.2, 0.25) is 5.78 Å². The van der Waals surface area contributed by atoms with E-state index in [1.807, 2.05) is 89.6 Å². The van der Waals surface area contributed by atoms with Crippen molar-refractivity contribution in [3.05, 3.63) is 181 Å². The SMILES string of the molecule is [2H]C([2H])([2H])C1(C([2H])([2H])[2H])c2cc(-n3c4ccccc4n4c5ccccc5nc34)ccc2Oc2c(-c3cc4c(cc3C(C)(C)C)-c3ccccc3-c3cccnc3-c3ccccc3-4)cccc21. The van der Waals surface area contributed by atoms with Crippen molar-refractivity contribution >= 4 is 27.8 Å². The summed E-state index contributed by atoms with van der Waals surface area (Å²) in [7, 11) is 0. The summed E-state index contributed by atoms with van der Waals surface area (Å²) in [5.41, 5.74) is 11.6. The van der Waals surface area contributed by atoms with Crippen LogP contribution in [0, 0.1) is 0 Å². The number of nitrogens with zero attached hydrogens (tertiary/aromatic N) is 4. The number of imidazole rings is 2. The summed E-state index contributed by atoms with van der Waals surface area (Å²) in [6, 6.07) is 51.6. The lowest BCUT2D eigenvalue weighted by molar-refractivity contribution is 0.419. The summed E-state index contributed by atoms with van der Waals surface area (Å²) in [6.07, 6.45) is 1.83. The van der Waals surface area contributed by atoms with E-state index in [1.165, 1.54) is 0 Å². The van der Waals surface area contributed by atoms with Crippen LogP contribution in [0.4, 0.5) is 0 Å². The number of pyridine rings is 1. The minimum atomic E-state index is -3.07. The largest absolute Gasteiger partial charge is 0.456 e. The van der Waals surface area contributed by atoms with Gasteiger partial charge in [-0.2, -0.15) is 0 Å². The number of fused-ring (bicyclic) bond motifs is 15. The normalized spacial score (nSPS) is 15.6. The van der Waals surface area contributed by atoms with Crippen molar-refractivity contribution < 1.29 is 13.0 Å². The first-order valence-electron chi connectivity index (χ1n) is 23.3.